The number of benzene rings is 1. The number of anilines is 1. The van der Waals surface area contributed by atoms with Crippen LogP contribution in [0.3, 0.4) is 0 Å². The van der Waals surface area contributed by atoms with Gasteiger partial charge in [0.05, 0.1) is 29.5 Å². The molecule has 160 valence electrons. The zero-order valence-corrected chi connectivity index (χ0v) is 18.9. The van der Waals surface area contributed by atoms with Gasteiger partial charge >= 0.3 is 0 Å². The number of aromatic nitrogens is 4. The molecule has 1 saturated heterocycles. The van der Waals surface area contributed by atoms with Gasteiger partial charge in [-0.25, -0.2) is 0 Å². The lowest BCUT2D eigenvalue weighted by Gasteiger charge is -2.28. The first kappa shape index (κ1) is 20.3. The van der Waals surface area contributed by atoms with E-state index in [9.17, 15) is 0 Å². The van der Waals surface area contributed by atoms with Crippen LogP contribution >= 0.6 is 23.1 Å². The SMILES string of the molecule is CCc1ccccc1-n1c(SCc2cc(-c3cccs3)on2)nnc1N1CCOCC1. The van der Waals surface area contributed by atoms with Crippen LogP contribution in [0, 0.1) is 0 Å². The second-order valence-electron chi connectivity index (χ2n) is 7.15. The molecule has 0 N–H and O–H groups in total. The average Bonchev–Trinajstić information content (AvgIpc) is 3.58. The smallest absolute Gasteiger partial charge is 0.232 e. The van der Waals surface area contributed by atoms with Crippen molar-refractivity contribution < 1.29 is 9.26 Å². The Balaban J connectivity index is 1.45. The molecule has 0 amide bonds. The van der Waals surface area contributed by atoms with Gasteiger partial charge in [-0.05, 0) is 29.5 Å². The van der Waals surface area contributed by atoms with Gasteiger partial charge in [0.15, 0.2) is 10.9 Å². The third-order valence-electron chi connectivity index (χ3n) is 5.20. The van der Waals surface area contributed by atoms with Crippen molar-refractivity contribution in [2.75, 3.05) is 31.2 Å². The van der Waals surface area contributed by atoms with E-state index in [1.807, 2.05) is 23.6 Å². The van der Waals surface area contributed by atoms with Crippen LogP contribution in [0.4, 0.5) is 5.95 Å². The summed E-state index contributed by atoms with van der Waals surface area (Å²) in [5, 5.41) is 16.3. The van der Waals surface area contributed by atoms with Crippen LogP contribution in [0.1, 0.15) is 18.2 Å². The normalized spacial score (nSPS) is 14.3. The molecule has 1 fully saturated rings. The lowest BCUT2D eigenvalue weighted by atomic mass is 10.1. The number of thiophene rings is 1. The van der Waals surface area contributed by atoms with Crippen molar-refractivity contribution in [1.29, 1.82) is 0 Å². The van der Waals surface area contributed by atoms with E-state index < -0.39 is 0 Å². The van der Waals surface area contributed by atoms with Crippen LogP contribution in [0.15, 0.2) is 57.5 Å². The molecule has 0 bridgehead atoms. The molecule has 0 saturated carbocycles. The molecule has 0 spiro atoms. The van der Waals surface area contributed by atoms with Gasteiger partial charge in [0, 0.05) is 24.9 Å². The number of morpholine rings is 1. The summed E-state index contributed by atoms with van der Waals surface area (Å²) in [6, 6.07) is 14.5. The summed E-state index contributed by atoms with van der Waals surface area (Å²) in [6.07, 6.45) is 0.939. The summed E-state index contributed by atoms with van der Waals surface area (Å²) >= 11 is 3.27. The molecule has 1 aromatic carbocycles. The Kier molecular flexibility index (Phi) is 6.06. The van der Waals surface area contributed by atoms with E-state index >= 15 is 0 Å². The highest BCUT2D eigenvalue weighted by Gasteiger charge is 2.23. The number of thioether (sulfide) groups is 1. The van der Waals surface area contributed by atoms with Crippen LogP contribution in [-0.4, -0.2) is 46.2 Å². The molecule has 4 heterocycles. The van der Waals surface area contributed by atoms with Crippen molar-refractivity contribution in [2.45, 2.75) is 24.3 Å². The zero-order valence-electron chi connectivity index (χ0n) is 17.2. The fraction of sp³-hybridized carbons (Fsp3) is 0.318. The number of hydrogen-bond acceptors (Lipinski definition) is 8. The molecule has 0 aliphatic carbocycles. The molecule has 31 heavy (non-hydrogen) atoms. The summed E-state index contributed by atoms with van der Waals surface area (Å²) in [7, 11) is 0. The second kappa shape index (κ2) is 9.25. The molecule has 5 rings (SSSR count). The number of ether oxygens (including phenoxy) is 1. The van der Waals surface area contributed by atoms with Crippen molar-refractivity contribution in [3.63, 3.8) is 0 Å². The quantitative estimate of drug-likeness (QED) is 0.377. The van der Waals surface area contributed by atoms with Gasteiger partial charge in [-0.1, -0.05) is 48.1 Å². The van der Waals surface area contributed by atoms with Gasteiger partial charge in [0.1, 0.15) is 0 Å². The van der Waals surface area contributed by atoms with Crippen LogP contribution in [0.5, 0.6) is 0 Å². The van der Waals surface area contributed by atoms with E-state index in [-0.39, 0.29) is 0 Å². The molecule has 1 aliphatic heterocycles. The highest BCUT2D eigenvalue weighted by molar-refractivity contribution is 7.98. The lowest BCUT2D eigenvalue weighted by molar-refractivity contribution is 0.122. The zero-order chi connectivity index (χ0) is 21.0. The van der Waals surface area contributed by atoms with Crippen molar-refractivity contribution in [3.05, 3.63) is 59.1 Å². The highest BCUT2D eigenvalue weighted by Crippen LogP contribution is 2.32. The maximum Gasteiger partial charge on any atom is 0.232 e. The number of hydrogen-bond donors (Lipinski definition) is 0. The van der Waals surface area contributed by atoms with E-state index in [0.717, 1.165) is 52.6 Å². The largest absolute Gasteiger partial charge is 0.378 e. The summed E-state index contributed by atoms with van der Waals surface area (Å²) in [5.74, 6) is 2.33. The van der Waals surface area contributed by atoms with E-state index in [1.165, 1.54) is 5.56 Å². The monoisotopic (exact) mass is 453 g/mol. The van der Waals surface area contributed by atoms with Gasteiger partial charge in [-0.3, -0.25) is 4.57 Å². The molecule has 0 unspecified atom stereocenters. The molecular weight excluding hydrogens is 430 g/mol. The maximum absolute atomic E-state index is 5.53. The average molecular weight is 454 g/mol. The third-order valence-corrected chi connectivity index (χ3v) is 7.04. The Morgan fingerprint density at radius 3 is 2.77 bits per heavy atom. The minimum atomic E-state index is 0.657. The van der Waals surface area contributed by atoms with Crippen molar-refractivity contribution in [3.8, 4) is 16.3 Å². The molecule has 4 aromatic rings. The second-order valence-corrected chi connectivity index (χ2v) is 9.04. The number of nitrogens with zero attached hydrogens (tertiary/aromatic N) is 5. The van der Waals surface area contributed by atoms with E-state index in [0.29, 0.717) is 19.0 Å². The summed E-state index contributed by atoms with van der Waals surface area (Å²) in [6.45, 7) is 5.20. The molecule has 3 aromatic heterocycles. The van der Waals surface area contributed by atoms with Crippen LogP contribution in [0.25, 0.3) is 16.3 Å². The summed E-state index contributed by atoms with van der Waals surface area (Å²) < 4.78 is 13.2. The topological polar surface area (TPSA) is 69.2 Å². The molecule has 7 nitrogen and oxygen atoms in total. The Morgan fingerprint density at radius 1 is 1.10 bits per heavy atom. The van der Waals surface area contributed by atoms with Gasteiger partial charge in [0.2, 0.25) is 5.95 Å². The van der Waals surface area contributed by atoms with Gasteiger partial charge in [-0.2, -0.15) is 0 Å². The number of rotatable bonds is 7. The van der Waals surface area contributed by atoms with Crippen molar-refractivity contribution >= 4 is 29.0 Å². The lowest BCUT2D eigenvalue weighted by Crippen LogP contribution is -2.38. The minimum Gasteiger partial charge on any atom is -0.378 e. The molecule has 9 heteroatoms. The Labute approximate surface area is 189 Å². The van der Waals surface area contributed by atoms with Gasteiger partial charge in [0.25, 0.3) is 0 Å². The molecule has 0 radical (unpaired) electrons. The van der Waals surface area contributed by atoms with Crippen molar-refractivity contribution in [2.24, 2.45) is 0 Å². The predicted molar refractivity (Wildman–Crippen MR) is 123 cm³/mol. The first-order chi connectivity index (χ1) is 15.3. The van der Waals surface area contributed by atoms with Crippen LogP contribution in [0.2, 0.25) is 0 Å². The number of aryl methyl sites for hydroxylation is 1. The van der Waals surface area contributed by atoms with E-state index in [2.05, 4.69) is 56.0 Å². The first-order valence-electron chi connectivity index (χ1n) is 10.3. The Hall–Kier alpha value is -2.62. The van der Waals surface area contributed by atoms with Gasteiger partial charge in [-0.15, -0.1) is 21.5 Å². The minimum absolute atomic E-state index is 0.657. The number of para-hydroxylation sites is 1. The van der Waals surface area contributed by atoms with Crippen molar-refractivity contribution in [1.82, 2.24) is 19.9 Å². The van der Waals surface area contributed by atoms with Gasteiger partial charge < -0.3 is 14.2 Å². The predicted octanol–water partition coefficient (Wildman–Crippen LogP) is 4.68. The van der Waals surface area contributed by atoms with E-state index in [4.69, 9.17) is 9.26 Å². The van der Waals surface area contributed by atoms with E-state index in [1.54, 1.807) is 23.1 Å². The molecule has 0 atom stereocenters. The summed E-state index contributed by atoms with van der Waals surface area (Å²) in [5.41, 5.74) is 3.28. The fourth-order valence-electron chi connectivity index (χ4n) is 3.62. The van der Waals surface area contributed by atoms with Crippen LogP contribution < -0.4 is 4.90 Å². The fourth-order valence-corrected chi connectivity index (χ4v) is 5.11. The third kappa shape index (κ3) is 4.26. The Morgan fingerprint density at radius 2 is 1.97 bits per heavy atom. The summed E-state index contributed by atoms with van der Waals surface area (Å²) in [4.78, 5) is 3.33. The first-order valence-corrected chi connectivity index (χ1v) is 12.2. The molecule has 1 aliphatic rings. The molecular formula is C22H23N5O2S2. The Bertz CT molecular complexity index is 1130. The maximum atomic E-state index is 5.53. The highest BCUT2D eigenvalue weighted by atomic mass is 32.2. The van der Waals surface area contributed by atoms with Crippen LogP contribution in [-0.2, 0) is 16.9 Å². The standard InChI is InChI=1S/C22H23N5O2S2/c1-2-16-6-3-4-7-18(16)27-21(26-9-11-28-12-10-26)23-24-22(27)31-15-17-14-19(29-25-17)20-8-5-13-30-20/h3-8,13-14H,2,9-12,15H2,1H3.